The monoisotopic (exact) mass is 410 g/mol. The van der Waals surface area contributed by atoms with Crippen molar-refractivity contribution in [3.8, 4) is 0 Å². The van der Waals surface area contributed by atoms with Crippen molar-refractivity contribution >= 4 is 42.8 Å². The Balaban J connectivity index is 1.82. The van der Waals surface area contributed by atoms with Crippen LogP contribution in [0.15, 0.2) is 40.1 Å². The summed E-state index contributed by atoms with van der Waals surface area (Å²) in [6, 6.07) is 6.65. The van der Waals surface area contributed by atoms with E-state index in [9.17, 15) is 8.42 Å². The molecule has 2 aromatic heterocycles. The van der Waals surface area contributed by atoms with Crippen LogP contribution in [0.5, 0.6) is 0 Å². The number of aromatic nitrogens is 4. The maximum absolute atomic E-state index is 11.7. The number of sulfonamides is 1. The molecule has 0 bridgehead atoms. The van der Waals surface area contributed by atoms with Crippen molar-refractivity contribution in [2.75, 3.05) is 12.4 Å². The first-order valence-electron chi connectivity index (χ1n) is 7.02. The molecule has 2 heterocycles. The average Bonchev–Trinajstić information content (AvgIpc) is 2.88. The van der Waals surface area contributed by atoms with Gasteiger partial charge in [-0.3, -0.25) is 0 Å². The molecule has 0 spiro atoms. The summed E-state index contributed by atoms with van der Waals surface area (Å²) in [6.45, 7) is 0.493. The molecule has 3 rings (SSSR count). The number of nitrogens with zero attached hydrogens (tertiary/aromatic N) is 4. The van der Waals surface area contributed by atoms with Crippen LogP contribution in [0.25, 0.3) is 11.0 Å². The molecule has 0 aliphatic rings. The first kappa shape index (κ1) is 16.8. The maximum Gasteiger partial charge on any atom is 0.240 e. The largest absolute Gasteiger partial charge is 0.365 e. The van der Waals surface area contributed by atoms with Gasteiger partial charge in [0.25, 0.3) is 0 Å². The van der Waals surface area contributed by atoms with Crippen LogP contribution in [-0.2, 0) is 23.6 Å². The summed E-state index contributed by atoms with van der Waals surface area (Å²) in [5.74, 6) is 0.659. The van der Waals surface area contributed by atoms with Gasteiger partial charge in [-0.15, -0.1) is 0 Å². The molecule has 126 valence electrons. The van der Waals surface area contributed by atoms with Gasteiger partial charge in [0.15, 0.2) is 5.65 Å². The summed E-state index contributed by atoms with van der Waals surface area (Å²) in [6.07, 6.45) is 1.47. The average molecular weight is 411 g/mol. The van der Waals surface area contributed by atoms with Gasteiger partial charge in [-0.2, -0.15) is 5.10 Å². The van der Waals surface area contributed by atoms with E-state index in [0.717, 1.165) is 16.6 Å². The minimum atomic E-state index is -3.42. The molecule has 24 heavy (non-hydrogen) atoms. The maximum atomic E-state index is 11.7. The van der Waals surface area contributed by atoms with Crippen molar-refractivity contribution in [2.24, 2.45) is 7.05 Å². The molecule has 0 amide bonds. The van der Waals surface area contributed by atoms with E-state index < -0.39 is 10.0 Å². The minimum absolute atomic E-state index is 0.230. The van der Waals surface area contributed by atoms with Crippen LogP contribution in [-0.4, -0.2) is 35.2 Å². The standard InChI is InChI=1S/C14H15BrN6O2S/c1-16-24(22,23)10-5-3-9(4-6-10)7-17-13-11-12(15)20-21(2)14(11)19-8-18-13/h3-6,8,16H,7H2,1-2H3,(H,17,18,19). The molecule has 0 radical (unpaired) electrons. The van der Waals surface area contributed by atoms with Gasteiger partial charge >= 0.3 is 0 Å². The van der Waals surface area contributed by atoms with E-state index in [1.165, 1.54) is 13.4 Å². The molecule has 10 heteroatoms. The summed E-state index contributed by atoms with van der Waals surface area (Å²) < 4.78 is 28.1. The summed E-state index contributed by atoms with van der Waals surface area (Å²) in [7, 11) is -0.226. The van der Waals surface area contributed by atoms with Gasteiger partial charge in [0.1, 0.15) is 16.7 Å². The Kier molecular flexibility index (Phi) is 4.52. The van der Waals surface area contributed by atoms with Crippen molar-refractivity contribution in [2.45, 2.75) is 11.4 Å². The van der Waals surface area contributed by atoms with E-state index >= 15 is 0 Å². The Hall–Kier alpha value is -2.04. The third kappa shape index (κ3) is 3.12. The second kappa shape index (κ2) is 6.46. The highest BCUT2D eigenvalue weighted by molar-refractivity contribution is 9.10. The smallest absolute Gasteiger partial charge is 0.240 e. The van der Waals surface area contributed by atoms with Crippen LogP contribution in [0.2, 0.25) is 0 Å². The van der Waals surface area contributed by atoms with E-state index in [1.54, 1.807) is 28.9 Å². The van der Waals surface area contributed by atoms with Crippen LogP contribution in [0.3, 0.4) is 0 Å². The number of hydrogen-bond donors (Lipinski definition) is 2. The van der Waals surface area contributed by atoms with E-state index in [2.05, 4.69) is 41.0 Å². The first-order valence-corrected chi connectivity index (χ1v) is 9.29. The molecule has 0 saturated heterocycles. The highest BCUT2D eigenvalue weighted by Gasteiger charge is 2.13. The quantitative estimate of drug-likeness (QED) is 0.662. The van der Waals surface area contributed by atoms with Crippen molar-refractivity contribution in [1.82, 2.24) is 24.5 Å². The van der Waals surface area contributed by atoms with E-state index in [-0.39, 0.29) is 4.90 Å². The number of halogens is 1. The van der Waals surface area contributed by atoms with Crippen molar-refractivity contribution in [1.29, 1.82) is 0 Å². The molecule has 8 nitrogen and oxygen atoms in total. The molecule has 0 unspecified atom stereocenters. The van der Waals surface area contributed by atoms with Gasteiger partial charge in [-0.25, -0.2) is 27.8 Å². The fraction of sp³-hybridized carbons (Fsp3) is 0.214. The van der Waals surface area contributed by atoms with Crippen LogP contribution in [0, 0.1) is 0 Å². The second-order valence-corrected chi connectivity index (χ2v) is 7.68. The van der Waals surface area contributed by atoms with E-state index in [0.29, 0.717) is 17.0 Å². The third-order valence-corrected chi connectivity index (χ3v) is 5.53. The zero-order chi connectivity index (χ0) is 17.3. The lowest BCUT2D eigenvalue weighted by atomic mass is 10.2. The molecular formula is C14H15BrN6O2S. The lowest BCUT2D eigenvalue weighted by molar-refractivity contribution is 0.588. The van der Waals surface area contributed by atoms with E-state index in [1.807, 2.05) is 7.05 Å². The molecule has 0 saturated carbocycles. The zero-order valence-corrected chi connectivity index (χ0v) is 15.4. The number of fused-ring (bicyclic) bond motifs is 1. The molecule has 3 aromatic rings. The lowest BCUT2D eigenvalue weighted by Gasteiger charge is -2.08. The van der Waals surface area contributed by atoms with Gasteiger partial charge in [-0.1, -0.05) is 12.1 Å². The number of anilines is 1. The Bertz CT molecular complexity index is 984. The number of benzene rings is 1. The van der Waals surface area contributed by atoms with Gasteiger partial charge in [0.05, 0.1) is 10.3 Å². The zero-order valence-electron chi connectivity index (χ0n) is 13.0. The van der Waals surface area contributed by atoms with Gasteiger partial charge < -0.3 is 5.32 Å². The SMILES string of the molecule is CNS(=O)(=O)c1ccc(CNc2ncnc3c2c(Br)nn3C)cc1. The summed E-state index contributed by atoms with van der Waals surface area (Å²) in [5.41, 5.74) is 1.65. The summed E-state index contributed by atoms with van der Waals surface area (Å²) in [4.78, 5) is 8.70. The topological polar surface area (TPSA) is 102 Å². The Morgan fingerprint density at radius 1 is 1.21 bits per heavy atom. The predicted octanol–water partition coefficient (Wildman–Crippen LogP) is 1.65. The second-order valence-electron chi connectivity index (χ2n) is 5.04. The molecule has 1 aromatic carbocycles. The molecule has 0 aliphatic heterocycles. The molecule has 0 atom stereocenters. The molecular weight excluding hydrogens is 396 g/mol. The summed E-state index contributed by atoms with van der Waals surface area (Å²) in [5, 5.41) is 8.30. The van der Waals surface area contributed by atoms with E-state index in [4.69, 9.17) is 0 Å². The van der Waals surface area contributed by atoms with Crippen molar-refractivity contribution < 1.29 is 8.42 Å². The van der Waals surface area contributed by atoms with Crippen LogP contribution >= 0.6 is 15.9 Å². The number of rotatable bonds is 5. The Morgan fingerprint density at radius 2 is 1.92 bits per heavy atom. The number of aryl methyl sites for hydroxylation is 1. The van der Waals surface area contributed by atoms with Crippen molar-refractivity contribution in [3.63, 3.8) is 0 Å². The predicted molar refractivity (Wildman–Crippen MR) is 94.0 cm³/mol. The Morgan fingerprint density at radius 3 is 2.58 bits per heavy atom. The highest BCUT2D eigenvalue weighted by Crippen LogP contribution is 2.27. The van der Waals surface area contributed by atoms with Gasteiger partial charge in [0.2, 0.25) is 10.0 Å². The Labute approximate surface area is 147 Å². The summed E-state index contributed by atoms with van der Waals surface area (Å²) >= 11 is 3.41. The minimum Gasteiger partial charge on any atom is -0.365 e. The van der Waals surface area contributed by atoms with Crippen LogP contribution < -0.4 is 10.0 Å². The normalized spacial score (nSPS) is 11.8. The van der Waals surface area contributed by atoms with Crippen LogP contribution in [0.4, 0.5) is 5.82 Å². The fourth-order valence-electron chi connectivity index (χ4n) is 2.26. The molecule has 2 N–H and O–H groups in total. The van der Waals surface area contributed by atoms with Gasteiger partial charge in [-0.05, 0) is 40.7 Å². The highest BCUT2D eigenvalue weighted by atomic mass is 79.9. The fourth-order valence-corrected chi connectivity index (χ4v) is 3.60. The lowest BCUT2D eigenvalue weighted by Crippen LogP contribution is -2.18. The van der Waals surface area contributed by atoms with Crippen molar-refractivity contribution in [3.05, 3.63) is 40.8 Å². The number of hydrogen-bond acceptors (Lipinski definition) is 6. The van der Waals surface area contributed by atoms with Crippen LogP contribution in [0.1, 0.15) is 5.56 Å². The van der Waals surface area contributed by atoms with Gasteiger partial charge in [0, 0.05) is 13.6 Å². The third-order valence-electron chi connectivity index (χ3n) is 3.54. The molecule has 0 aliphatic carbocycles. The number of nitrogens with one attached hydrogen (secondary N) is 2. The first-order chi connectivity index (χ1) is 11.4. The molecule has 0 fully saturated rings.